The van der Waals surface area contributed by atoms with Crippen LogP contribution in [0.3, 0.4) is 0 Å². The van der Waals surface area contributed by atoms with E-state index in [0.29, 0.717) is 0 Å². The van der Waals surface area contributed by atoms with Gasteiger partial charge in [-0.25, -0.2) is 0 Å². The van der Waals surface area contributed by atoms with Crippen molar-refractivity contribution in [3.63, 3.8) is 0 Å². The molecule has 1 aliphatic rings. The molecule has 2 unspecified atom stereocenters. The third-order valence-corrected chi connectivity index (χ3v) is 2.32. The van der Waals surface area contributed by atoms with Gasteiger partial charge in [0.2, 0.25) is 0 Å². The van der Waals surface area contributed by atoms with Crippen molar-refractivity contribution in [2.45, 2.75) is 45.4 Å². The zero-order valence-corrected chi connectivity index (χ0v) is 10.8. The molecule has 108 valence electrons. The second-order valence-corrected chi connectivity index (χ2v) is 4.02. The summed E-state index contributed by atoms with van der Waals surface area (Å²) in [7, 11) is 0. The van der Waals surface area contributed by atoms with E-state index in [4.69, 9.17) is 18.9 Å². The predicted octanol–water partition coefficient (Wildman–Crippen LogP) is -0.870. The Hall–Kier alpha value is -1.67. The van der Waals surface area contributed by atoms with Crippen molar-refractivity contribution in [3.8, 4) is 0 Å². The summed E-state index contributed by atoms with van der Waals surface area (Å²) >= 11 is 0. The Bertz CT molecular complexity index is 366. The van der Waals surface area contributed by atoms with Gasteiger partial charge in [-0.2, -0.15) is 0 Å². The van der Waals surface area contributed by atoms with E-state index in [1.807, 2.05) is 0 Å². The minimum Gasteiger partial charge on any atom is -0.456 e. The van der Waals surface area contributed by atoms with Gasteiger partial charge in [0.05, 0.1) is 6.61 Å². The van der Waals surface area contributed by atoms with Gasteiger partial charge in [-0.05, 0) is 0 Å². The maximum atomic E-state index is 11.1. The van der Waals surface area contributed by atoms with Crippen LogP contribution >= 0.6 is 0 Å². The van der Waals surface area contributed by atoms with Gasteiger partial charge in [0, 0.05) is 20.8 Å². The van der Waals surface area contributed by atoms with E-state index in [1.54, 1.807) is 0 Å². The van der Waals surface area contributed by atoms with E-state index < -0.39 is 42.5 Å². The number of aliphatic hydroxyl groups excluding tert-OH is 1. The molecule has 0 aromatic heterocycles. The Morgan fingerprint density at radius 1 is 0.947 bits per heavy atom. The Kier molecular flexibility index (Phi) is 5.25. The van der Waals surface area contributed by atoms with Crippen molar-refractivity contribution in [3.05, 3.63) is 0 Å². The molecule has 0 aliphatic carbocycles. The molecule has 8 nitrogen and oxygen atoms in total. The first-order chi connectivity index (χ1) is 8.81. The highest BCUT2D eigenvalue weighted by Gasteiger charge is 2.46. The van der Waals surface area contributed by atoms with E-state index in [1.165, 1.54) is 6.92 Å². The molecule has 19 heavy (non-hydrogen) atoms. The molecular weight excluding hydrogens is 260 g/mol. The van der Waals surface area contributed by atoms with Gasteiger partial charge in [0.15, 0.2) is 24.6 Å². The van der Waals surface area contributed by atoms with Crippen molar-refractivity contribution in [1.29, 1.82) is 0 Å². The Labute approximate surface area is 109 Å². The summed E-state index contributed by atoms with van der Waals surface area (Å²) in [6.07, 6.45) is -4.78. The van der Waals surface area contributed by atoms with Crippen LogP contribution in [0, 0.1) is 0 Å². The topological polar surface area (TPSA) is 108 Å². The largest absolute Gasteiger partial charge is 0.456 e. The van der Waals surface area contributed by atoms with Crippen molar-refractivity contribution in [2.75, 3.05) is 6.61 Å². The number of esters is 3. The van der Waals surface area contributed by atoms with Gasteiger partial charge >= 0.3 is 17.9 Å². The smallest absolute Gasteiger partial charge is 0.303 e. The molecule has 0 aromatic carbocycles. The van der Waals surface area contributed by atoms with Crippen LogP contribution in [0.2, 0.25) is 0 Å². The lowest BCUT2D eigenvalue weighted by atomic mass is 10.0. The average Bonchev–Trinajstić information content (AvgIpc) is 2.25. The van der Waals surface area contributed by atoms with Crippen molar-refractivity contribution in [1.82, 2.24) is 0 Å². The molecule has 8 heteroatoms. The molecule has 1 heterocycles. The molecule has 0 bridgehead atoms. The molecule has 4 atom stereocenters. The number of carbonyl (C=O) groups excluding carboxylic acids is 3. The first-order valence-electron chi connectivity index (χ1n) is 5.62. The third kappa shape index (κ3) is 4.49. The van der Waals surface area contributed by atoms with Gasteiger partial charge in [-0.1, -0.05) is 0 Å². The fraction of sp³-hybridized carbons (Fsp3) is 0.727. The highest BCUT2D eigenvalue weighted by atomic mass is 16.7. The number of carbonyl (C=O) groups is 3. The van der Waals surface area contributed by atoms with E-state index >= 15 is 0 Å². The zero-order valence-electron chi connectivity index (χ0n) is 10.8. The van der Waals surface area contributed by atoms with Crippen LogP contribution in [0.15, 0.2) is 0 Å². The molecule has 1 fully saturated rings. The van der Waals surface area contributed by atoms with Crippen LogP contribution in [0.25, 0.3) is 0 Å². The van der Waals surface area contributed by atoms with Gasteiger partial charge in [0.1, 0.15) is 0 Å². The van der Waals surface area contributed by atoms with Crippen LogP contribution in [0.4, 0.5) is 0 Å². The Balaban J connectivity index is 2.89. The van der Waals surface area contributed by atoms with Crippen LogP contribution in [-0.4, -0.2) is 54.2 Å². The van der Waals surface area contributed by atoms with Gasteiger partial charge < -0.3 is 24.1 Å². The number of hydrogen-bond donors (Lipinski definition) is 1. The fourth-order valence-corrected chi connectivity index (χ4v) is 1.72. The lowest BCUT2D eigenvalue weighted by Crippen LogP contribution is -2.57. The van der Waals surface area contributed by atoms with Crippen molar-refractivity contribution in [2.24, 2.45) is 0 Å². The average molecular weight is 276 g/mol. The summed E-state index contributed by atoms with van der Waals surface area (Å²) < 4.78 is 19.6. The quantitative estimate of drug-likeness (QED) is 0.523. The fourth-order valence-electron chi connectivity index (χ4n) is 1.72. The molecule has 0 aromatic rings. The summed E-state index contributed by atoms with van der Waals surface area (Å²) in [6.45, 7) is 3.29. The highest BCUT2D eigenvalue weighted by molar-refractivity contribution is 5.68. The van der Waals surface area contributed by atoms with Crippen LogP contribution < -0.4 is 0 Å². The minimum absolute atomic E-state index is 0.170. The molecule has 1 aliphatic heterocycles. The number of hydrogen-bond acceptors (Lipinski definition) is 8. The van der Waals surface area contributed by atoms with Gasteiger partial charge in [0.25, 0.3) is 0 Å². The highest BCUT2D eigenvalue weighted by Crippen LogP contribution is 2.23. The maximum Gasteiger partial charge on any atom is 0.303 e. The molecule has 0 radical (unpaired) electrons. The van der Waals surface area contributed by atoms with Crippen molar-refractivity contribution < 1.29 is 38.4 Å². The number of aliphatic hydroxyl groups is 1. The normalized spacial score (nSPS) is 30.3. The SMILES string of the molecule is CC(=O)OC1CO[C@H](O)C(OC(C)=O)[C@H]1OC(C)=O. The van der Waals surface area contributed by atoms with Gasteiger partial charge in [-0.15, -0.1) is 0 Å². The predicted molar refractivity (Wildman–Crippen MR) is 58.6 cm³/mol. The maximum absolute atomic E-state index is 11.1. The van der Waals surface area contributed by atoms with E-state index in [2.05, 4.69) is 0 Å². The lowest BCUT2D eigenvalue weighted by Gasteiger charge is -2.38. The first kappa shape index (κ1) is 15.4. The molecule has 1 saturated heterocycles. The monoisotopic (exact) mass is 276 g/mol. The van der Waals surface area contributed by atoms with Crippen molar-refractivity contribution >= 4 is 17.9 Å². The van der Waals surface area contributed by atoms with Crippen LogP contribution in [0.5, 0.6) is 0 Å². The summed E-state index contributed by atoms with van der Waals surface area (Å²) in [4.78, 5) is 33.0. The molecular formula is C11H16O8. The summed E-state index contributed by atoms with van der Waals surface area (Å²) in [5.74, 6) is -1.95. The van der Waals surface area contributed by atoms with E-state index in [0.717, 1.165) is 13.8 Å². The second kappa shape index (κ2) is 6.48. The van der Waals surface area contributed by atoms with Gasteiger partial charge in [-0.3, -0.25) is 14.4 Å². The summed E-state index contributed by atoms with van der Waals surface area (Å²) in [5.41, 5.74) is 0. The Morgan fingerprint density at radius 2 is 1.42 bits per heavy atom. The zero-order chi connectivity index (χ0) is 14.6. The number of rotatable bonds is 3. The molecule has 0 spiro atoms. The third-order valence-electron chi connectivity index (χ3n) is 2.32. The number of ether oxygens (including phenoxy) is 4. The lowest BCUT2D eigenvalue weighted by molar-refractivity contribution is -0.267. The van der Waals surface area contributed by atoms with Crippen LogP contribution in [0.1, 0.15) is 20.8 Å². The first-order valence-corrected chi connectivity index (χ1v) is 5.62. The van der Waals surface area contributed by atoms with E-state index in [-0.39, 0.29) is 6.61 Å². The molecule has 1 rings (SSSR count). The Morgan fingerprint density at radius 3 is 1.89 bits per heavy atom. The second-order valence-electron chi connectivity index (χ2n) is 4.02. The summed E-state index contributed by atoms with van der Waals surface area (Å²) in [5, 5.41) is 9.62. The standard InChI is InChI=1S/C11H16O8/c1-5(12)17-8-4-16-11(15)10(19-7(3)14)9(8)18-6(2)13/h8-11,15H,4H2,1-3H3/t8?,9-,10?,11-/m0/s1. The molecule has 0 saturated carbocycles. The summed E-state index contributed by atoms with van der Waals surface area (Å²) in [6, 6.07) is 0. The molecule has 0 amide bonds. The molecule has 1 N–H and O–H groups in total. The van der Waals surface area contributed by atoms with Crippen LogP contribution in [-0.2, 0) is 33.3 Å². The minimum atomic E-state index is -1.46. The van der Waals surface area contributed by atoms with E-state index in [9.17, 15) is 19.5 Å².